The molecule has 1 saturated carbocycles. The lowest BCUT2D eigenvalue weighted by Gasteiger charge is -2.31. The Morgan fingerprint density at radius 2 is 1.91 bits per heavy atom. The molecule has 6 heteroatoms. The van der Waals surface area contributed by atoms with Gasteiger partial charge in [-0.2, -0.15) is 0 Å². The number of carbonyl (C=O) groups is 2. The SMILES string of the molecule is O=C(O)CC1CCN(C(=O)C2CC2c2ccc(F)cc2F)CC1. The summed E-state index contributed by atoms with van der Waals surface area (Å²) in [4.78, 5) is 24.9. The molecular formula is C17H19F2NO3. The predicted molar refractivity (Wildman–Crippen MR) is 78.8 cm³/mol. The van der Waals surface area contributed by atoms with E-state index >= 15 is 0 Å². The lowest BCUT2D eigenvalue weighted by molar-refractivity contribution is -0.138. The molecule has 1 aromatic rings. The van der Waals surface area contributed by atoms with Gasteiger partial charge in [-0.3, -0.25) is 9.59 Å². The molecule has 0 aromatic heterocycles. The normalized spacial score (nSPS) is 24.5. The van der Waals surface area contributed by atoms with Crippen LogP contribution in [0.2, 0.25) is 0 Å². The van der Waals surface area contributed by atoms with Crippen LogP contribution in [0.25, 0.3) is 0 Å². The quantitative estimate of drug-likeness (QED) is 0.927. The molecule has 2 atom stereocenters. The maximum absolute atomic E-state index is 13.8. The third-order valence-corrected chi connectivity index (χ3v) is 4.86. The summed E-state index contributed by atoms with van der Waals surface area (Å²) < 4.78 is 26.7. The summed E-state index contributed by atoms with van der Waals surface area (Å²) in [5.74, 6) is -2.27. The topological polar surface area (TPSA) is 57.6 Å². The third kappa shape index (κ3) is 3.51. The number of piperidine rings is 1. The van der Waals surface area contributed by atoms with E-state index in [1.807, 2.05) is 0 Å². The number of carboxylic acid groups (broad SMARTS) is 1. The Bertz CT molecular complexity index is 626. The zero-order valence-corrected chi connectivity index (χ0v) is 12.7. The van der Waals surface area contributed by atoms with E-state index in [0.29, 0.717) is 37.9 Å². The molecule has 0 radical (unpaired) electrons. The Hall–Kier alpha value is -1.98. The fourth-order valence-electron chi connectivity index (χ4n) is 3.45. The summed E-state index contributed by atoms with van der Waals surface area (Å²) in [6, 6.07) is 3.49. The predicted octanol–water partition coefficient (Wildman–Crippen LogP) is 2.78. The summed E-state index contributed by atoms with van der Waals surface area (Å²) in [6.07, 6.45) is 2.13. The molecule has 2 aliphatic rings. The van der Waals surface area contributed by atoms with Gasteiger partial charge in [0.2, 0.25) is 5.91 Å². The second-order valence-electron chi connectivity index (χ2n) is 6.48. The fourth-order valence-corrected chi connectivity index (χ4v) is 3.45. The van der Waals surface area contributed by atoms with Gasteiger partial charge >= 0.3 is 5.97 Å². The summed E-state index contributed by atoms with van der Waals surface area (Å²) in [6.45, 7) is 1.12. The van der Waals surface area contributed by atoms with Crippen molar-refractivity contribution in [2.24, 2.45) is 11.8 Å². The highest BCUT2D eigenvalue weighted by atomic mass is 19.1. The van der Waals surface area contributed by atoms with Crippen LogP contribution in [-0.2, 0) is 9.59 Å². The molecule has 3 rings (SSSR count). The van der Waals surface area contributed by atoms with Crippen LogP contribution in [0.15, 0.2) is 18.2 Å². The molecule has 2 fully saturated rings. The van der Waals surface area contributed by atoms with Crippen LogP contribution < -0.4 is 0 Å². The minimum atomic E-state index is -0.802. The Labute approximate surface area is 133 Å². The van der Waals surface area contributed by atoms with E-state index in [1.165, 1.54) is 12.1 Å². The van der Waals surface area contributed by atoms with Gasteiger partial charge in [0.15, 0.2) is 0 Å². The Morgan fingerprint density at radius 3 is 2.52 bits per heavy atom. The van der Waals surface area contributed by atoms with Crippen LogP contribution in [-0.4, -0.2) is 35.0 Å². The van der Waals surface area contributed by atoms with Gasteiger partial charge in [0.1, 0.15) is 11.6 Å². The van der Waals surface area contributed by atoms with Gasteiger partial charge in [0.05, 0.1) is 0 Å². The molecule has 1 aliphatic heterocycles. The van der Waals surface area contributed by atoms with Crippen LogP contribution in [0.5, 0.6) is 0 Å². The van der Waals surface area contributed by atoms with Crippen molar-refractivity contribution in [2.45, 2.75) is 31.6 Å². The van der Waals surface area contributed by atoms with Crippen molar-refractivity contribution in [1.82, 2.24) is 4.90 Å². The highest BCUT2D eigenvalue weighted by Crippen LogP contribution is 2.49. The number of hydrogen-bond donors (Lipinski definition) is 1. The minimum absolute atomic E-state index is 0.00694. The first-order valence-corrected chi connectivity index (χ1v) is 7.91. The average Bonchev–Trinajstić information content (AvgIpc) is 3.27. The van der Waals surface area contributed by atoms with E-state index in [9.17, 15) is 18.4 Å². The van der Waals surface area contributed by atoms with E-state index in [-0.39, 0.29) is 30.1 Å². The van der Waals surface area contributed by atoms with Gasteiger partial charge in [-0.1, -0.05) is 6.07 Å². The highest BCUT2D eigenvalue weighted by Gasteiger charge is 2.47. The van der Waals surface area contributed by atoms with Gasteiger partial charge in [-0.25, -0.2) is 8.78 Å². The second-order valence-corrected chi connectivity index (χ2v) is 6.48. The van der Waals surface area contributed by atoms with Crippen LogP contribution >= 0.6 is 0 Å². The van der Waals surface area contributed by atoms with Crippen molar-refractivity contribution >= 4 is 11.9 Å². The maximum atomic E-state index is 13.8. The van der Waals surface area contributed by atoms with E-state index < -0.39 is 17.6 Å². The van der Waals surface area contributed by atoms with Crippen molar-refractivity contribution in [2.75, 3.05) is 13.1 Å². The van der Waals surface area contributed by atoms with E-state index in [2.05, 4.69) is 0 Å². The molecule has 1 saturated heterocycles. The zero-order valence-electron chi connectivity index (χ0n) is 12.7. The van der Waals surface area contributed by atoms with Crippen LogP contribution in [0, 0.1) is 23.5 Å². The molecule has 0 bridgehead atoms. The van der Waals surface area contributed by atoms with Crippen molar-refractivity contribution in [3.05, 3.63) is 35.4 Å². The molecule has 1 heterocycles. The van der Waals surface area contributed by atoms with Crippen LogP contribution in [0.3, 0.4) is 0 Å². The largest absolute Gasteiger partial charge is 0.481 e. The number of halogens is 2. The molecule has 1 N–H and O–H groups in total. The average molecular weight is 323 g/mol. The molecule has 0 spiro atoms. The van der Waals surface area contributed by atoms with Crippen LogP contribution in [0.1, 0.15) is 37.2 Å². The zero-order chi connectivity index (χ0) is 16.6. The lowest BCUT2D eigenvalue weighted by atomic mass is 9.93. The van der Waals surface area contributed by atoms with Crippen molar-refractivity contribution in [3.63, 3.8) is 0 Å². The number of benzene rings is 1. The first kappa shape index (κ1) is 15.9. The van der Waals surface area contributed by atoms with E-state index in [4.69, 9.17) is 5.11 Å². The third-order valence-electron chi connectivity index (χ3n) is 4.86. The standard InChI is InChI=1S/C17H19F2NO3/c18-11-1-2-12(15(19)8-11)13-9-14(13)17(23)20-5-3-10(4-6-20)7-16(21)22/h1-2,8,10,13-14H,3-7,9H2,(H,21,22). The van der Waals surface area contributed by atoms with Crippen molar-refractivity contribution in [3.8, 4) is 0 Å². The number of nitrogens with zero attached hydrogens (tertiary/aromatic N) is 1. The number of amides is 1. The number of carboxylic acids is 1. The molecule has 1 aromatic carbocycles. The first-order valence-electron chi connectivity index (χ1n) is 7.91. The number of likely N-dealkylation sites (tertiary alicyclic amines) is 1. The smallest absolute Gasteiger partial charge is 0.303 e. The van der Waals surface area contributed by atoms with Gasteiger partial charge < -0.3 is 10.0 Å². The summed E-state index contributed by atoms with van der Waals surface area (Å²) in [5.41, 5.74) is 0.408. The lowest BCUT2D eigenvalue weighted by Crippen LogP contribution is -2.40. The Kier molecular flexibility index (Phi) is 4.33. The van der Waals surface area contributed by atoms with Crippen molar-refractivity contribution in [1.29, 1.82) is 0 Å². The van der Waals surface area contributed by atoms with E-state index in [0.717, 1.165) is 6.07 Å². The molecule has 1 amide bonds. The Morgan fingerprint density at radius 1 is 1.22 bits per heavy atom. The van der Waals surface area contributed by atoms with Gasteiger partial charge in [-0.15, -0.1) is 0 Å². The molecular weight excluding hydrogens is 304 g/mol. The number of carbonyl (C=O) groups excluding carboxylic acids is 1. The van der Waals surface area contributed by atoms with E-state index in [1.54, 1.807) is 4.90 Å². The first-order chi connectivity index (χ1) is 11.0. The summed E-state index contributed by atoms with van der Waals surface area (Å²) >= 11 is 0. The molecule has 2 unspecified atom stereocenters. The number of aliphatic carboxylic acids is 1. The number of hydrogen-bond acceptors (Lipinski definition) is 2. The minimum Gasteiger partial charge on any atom is -0.481 e. The molecule has 23 heavy (non-hydrogen) atoms. The fraction of sp³-hybridized carbons (Fsp3) is 0.529. The summed E-state index contributed by atoms with van der Waals surface area (Å²) in [7, 11) is 0. The maximum Gasteiger partial charge on any atom is 0.303 e. The second kappa shape index (κ2) is 6.26. The number of rotatable bonds is 4. The van der Waals surface area contributed by atoms with Crippen molar-refractivity contribution < 1.29 is 23.5 Å². The van der Waals surface area contributed by atoms with Gasteiger partial charge in [0, 0.05) is 31.5 Å². The molecule has 124 valence electrons. The van der Waals surface area contributed by atoms with Crippen LogP contribution in [0.4, 0.5) is 8.78 Å². The van der Waals surface area contributed by atoms with Gasteiger partial charge in [0.25, 0.3) is 0 Å². The summed E-state index contributed by atoms with van der Waals surface area (Å²) in [5, 5.41) is 8.80. The monoisotopic (exact) mass is 323 g/mol. The molecule has 1 aliphatic carbocycles. The Balaban J connectivity index is 1.56. The van der Waals surface area contributed by atoms with Gasteiger partial charge in [-0.05, 0) is 42.7 Å². The highest BCUT2D eigenvalue weighted by molar-refractivity contribution is 5.83. The molecule has 4 nitrogen and oxygen atoms in total.